The first-order chi connectivity index (χ1) is 16.8. The Morgan fingerprint density at radius 2 is 1.03 bits per heavy atom. The van der Waals surface area contributed by atoms with E-state index in [9.17, 15) is 0 Å². The number of benzene rings is 4. The lowest BCUT2D eigenvalue weighted by molar-refractivity contribution is -0.482. The zero-order chi connectivity index (χ0) is 24.7. The van der Waals surface area contributed by atoms with Crippen molar-refractivity contribution in [1.82, 2.24) is 0 Å². The van der Waals surface area contributed by atoms with Crippen molar-refractivity contribution in [3.05, 3.63) is 129 Å². The van der Waals surface area contributed by atoms with Crippen LogP contribution >= 0.6 is 0 Å². The molecule has 0 aromatic heterocycles. The van der Waals surface area contributed by atoms with E-state index in [1.54, 1.807) is 0 Å². The third-order valence-electron chi connectivity index (χ3n) is 7.22. The lowest BCUT2D eigenvalue weighted by atomic mass is 9.91. The molecule has 2 nitrogen and oxygen atoms in total. The minimum atomic E-state index is 0.138. The molecule has 0 spiro atoms. The van der Waals surface area contributed by atoms with Gasteiger partial charge in [0.15, 0.2) is 12.1 Å². The van der Waals surface area contributed by atoms with Crippen molar-refractivity contribution in [2.45, 2.75) is 53.6 Å². The summed E-state index contributed by atoms with van der Waals surface area (Å²) in [4.78, 5) is 2.52. The summed E-state index contributed by atoms with van der Waals surface area (Å²) in [5.41, 5.74) is 13.1. The third kappa shape index (κ3) is 4.18. The van der Waals surface area contributed by atoms with Crippen LogP contribution < -0.4 is 4.90 Å². The molecule has 2 atom stereocenters. The molecule has 2 heteroatoms. The maximum absolute atomic E-state index is 2.52. The molecule has 0 fully saturated rings. The maximum Gasteiger partial charge on any atom is 0.245 e. The van der Waals surface area contributed by atoms with Crippen molar-refractivity contribution in [3.8, 4) is 0 Å². The van der Waals surface area contributed by atoms with Crippen molar-refractivity contribution in [3.63, 3.8) is 0 Å². The minimum absolute atomic E-state index is 0.138. The van der Waals surface area contributed by atoms with Gasteiger partial charge in [-0.3, -0.25) is 0 Å². The largest absolute Gasteiger partial charge is 0.245 e. The second-order valence-electron chi connectivity index (χ2n) is 10.1. The first-order valence-electron chi connectivity index (χ1n) is 12.5. The van der Waals surface area contributed by atoms with Crippen LogP contribution in [0.1, 0.15) is 56.6 Å². The molecule has 5 rings (SSSR count). The van der Waals surface area contributed by atoms with E-state index < -0.39 is 0 Å². The van der Waals surface area contributed by atoms with Gasteiger partial charge in [0.25, 0.3) is 0 Å². The SMILES string of the molecule is Cc1cc(C)c(N2C=[N+](c3c(C)cc(C)cc3C)[C@H](c3ccccc3)[C@H]2c2ccccc2)c(C)c1. The summed E-state index contributed by atoms with van der Waals surface area (Å²) in [6.45, 7) is 13.3. The number of nitrogens with zero attached hydrogens (tertiary/aromatic N) is 2. The van der Waals surface area contributed by atoms with E-state index in [1.807, 2.05) is 0 Å². The summed E-state index contributed by atoms with van der Waals surface area (Å²) in [7, 11) is 0. The number of hydrogen-bond donors (Lipinski definition) is 0. The lowest BCUT2D eigenvalue weighted by Gasteiger charge is -2.26. The zero-order valence-electron chi connectivity index (χ0n) is 21.7. The molecule has 0 saturated heterocycles. The van der Waals surface area contributed by atoms with Crippen molar-refractivity contribution >= 4 is 17.7 Å². The molecule has 0 aliphatic carbocycles. The van der Waals surface area contributed by atoms with Crippen LogP contribution in [0, 0.1) is 41.5 Å². The van der Waals surface area contributed by atoms with Crippen LogP contribution in [0.3, 0.4) is 0 Å². The van der Waals surface area contributed by atoms with Crippen LogP contribution in [0.4, 0.5) is 11.4 Å². The molecular formula is C33H35N2+. The van der Waals surface area contributed by atoms with E-state index in [0.717, 1.165) is 0 Å². The molecule has 0 N–H and O–H groups in total. The van der Waals surface area contributed by atoms with Gasteiger partial charge in [-0.1, -0.05) is 96.1 Å². The smallest absolute Gasteiger partial charge is 0.221 e. The zero-order valence-corrected chi connectivity index (χ0v) is 21.7. The number of rotatable bonds is 4. The Kier molecular flexibility index (Phi) is 6.06. The quantitative estimate of drug-likeness (QED) is 0.279. The van der Waals surface area contributed by atoms with Crippen molar-refractivity contribution in [2.24, 2.45) is 0 Å². The highest BCUT2D eigenvalue weighted by Crippen LogP contribution is 2.47. The molecule has 0 unspecified atom stereocenters. The van der Waals surface area contributed by atoms with E-state index >= 15 is 0 Å². The van der Waals surface area contributed by atoms with Gasteiger partial charge >= 0.3 is 0 Å². The third-order valence-corrected chi connectivity index (χ3v) is 7.22. The molecule has 0 amide bonds. The van der Waals surface area contributed by atoms with Gasteiger partial charge in [-0.2, -0.15) is 0 Å². The fourth-order valence-corrected chi connectivity index (χ4v) is 6.12. The van der Waals surface area contributed by atoms with Crippen LogP contribution in [0.5, 0.6) is 0 Å². The Hall–Kier alpha value is -3.65. The van der Waals surface area contributed by atoms with E-state index in [2.05, 4.69) is 142 Å². The summed E-state index contributed by atoms with van der Waals surface area (Å²) in [6.07, 6.45) is 2.37. The van der Waals surface area contributed by atoms with Crippen LogP contribution in [0.2, 0.25) is 0 Å². The van der Waals surface area contributed by atoms with Gasteiger partial charge in [-0.05, 0) is 63.8 Å². The lowest BCUT2D eigenvalue weighted by Crippen LogP contribution is -2.27. The highest BCUT2D eigenvalue weighted by molar-refractivity contribution is 5.84. The summed E-state index contributed by atoms with van der Waals surface area (Å²) in [5, 5.41) is 0. The molecule has 4 aromatic rings. The van der Waals surface area contributed by atoms with Crippen LogP contribution in [0.25, 0.3) is 0 Å². The van der Waals surface area contributed by atoms with Gasteiger partial charge in [0, 0.05) is 11.1 Å². The number of hydrogen-bond acceptors (Lipinski definition) is 1. The van der Waals surface area contributed by atoms with Crippen molar-refractivity contribution in [2.75, 3.05) is 4.90 Å². The highest BCUT2D eigenvalue weighted by Gasteiger charge is 2.47. The van der Waals surface area contributed by atoms with Gasteiger partial charge in [0.2, 0.25) is 6.34 Å². The van der Waals surface area contributed by atoms with Gasteiger partial charge in [-0.15, -0.1) is 0 Å². The Bertz CT molecular complexity index is 1350. The fraction of sp³-hybridized carbons (Fsp3) is 0.242. The molecule has 0 radical (unpaired) electrons. The minimum Gasteiger partial charge on any atom is -0.221 e. The van der Waals surface area contributed by atoms with Crippen LogP contribution in [0.15, 0.2) is 84.9 Å². The number of aryl methyl sites for hydroxylation is 6. The fourth-order valence-electron chi connectivity index (χ4n) is 6.12. The first kappa shape index (κ1) is 23.1. The van der Waals surface area contributed by atoms with Gasteiger partial charge < -0.3 is 0 Å². The van der Waals surface area contributed by atoms with E-state index in [4.69, 9.17) is 0 Å². The Balaban J connectivity index is 1.82. The topological polar surface area (TPSA) is 6.25 Å². The van der Waals surface area contributed by atoms with E-state index in [1.165, 1.54) is 55.9 Å². The summed E-state index contributed by atoms with van der Waals surface area (Å²) in [5.74, 6) is 0. The van der Waals surface area contributed by atoms with Crippen molar-refractivity contribution in [1.29, 1.82) is 0 Å². The van der Waals surface area contributed by atoms with Crippen molar-refractivity contribution < 1.29 is 4.58 Å². The molecular weight excluding hydrogens is 424 g/mol. The van der Waals surface area contributed by atoms with Gasteiger partial charge in [0.05, 0.1) is 0 Å². The van der Waals surface area contributed by atoms with Gasteiger partial charge in [-0.25, -0.2) is 9.48 Å². The first-order valence-corrected chi connectivity index (χ1v) is 12.5. The average molecular weight is 460 g/mol. The second kappa shape index (κ2) is 9.19. The van der Waals surface area contributed by atoms with Crippen LogP contribution in [-0.4, -0.2) is 10.9 Å². The molecule has 176 valence electrons. The van der Waals surface area contributed by atoms with E-state index in [0.29, 0.717) is 0 Å². The number of anilines is 1. The molecule has 0 bridgehead atoms. The molecule has 35 heavy (non-hydrogen) atoms. The predicted octanol–water partition coefficient (Wildman–Crippen LogP) is 8.21. The standard InChI is InChI=1S/C33H35N2/c1-22-17-24(3)30(25(4)18-22)34-21-35(31-26(5)19-23(2)20-27(31)6)33(29-15-11-8-12-16-29)32(34)28-13-9-7-10-14-28/h7-21,32-33H,1-6H3/q+1/t32-,33-/m1/s1. The molecule has 1 heterocycles. The monoisotopic (exact) mass is 459 g/mol. The highest BCUT2D eigenvalue weighted by atomic mass is 15.3. The summed E-state index contributed by atoms with van der Waals surface area (Å²) >= 11 is 0. The normalized spacial score (nSPS) is 17.5. The summed E-state index contributed by atoms with van der Waals surface area (Å²) in [6, 6.07) is 31.5. The van der Waals surface area contributed by atoms with E-state index in [-0.39, 0.29) is 12.1 Å². The maximum atomic E-state index is 2.52. The Morgan fingerprint density at radius 3 is 1.54 bits per heavy atom. The van der Waals surface area contributed by atoms with Crippen LogP contribution in [-0.2, 0) is 0 Å². The molecule has 4 aromatic carbocycles. The Morgan fingerprint density at radius 1 is 0.571 bits per heavy atom. The second-order valence-corrected chi connectivity index (χ2v) is 10.1. The molecule has 1 aliphatic rings. The predicted molar refractivity (Wildman–Crippen MR) is 148 cm³/mol. The molecule has 1 aliphatic heterocycles. The Labute approximate surface area is 210 Å². The molecule has 0 saturated carbocycles. The summed E-state index contributed by atoms with van der Waals surface area (Å²) < 4.78 is 2.52. The average Bonchev–Trinajstić information content (AvgIpc) is 3.18. The van der Waals surface area contributed by atoms with Gasteiger partial charge in [0.1, 0.15) is 11.4 Å².